The van der Waals surface area contributed by atoms with Crippen LogP contribution in [0.4, 0.5) is 5.95 Å². The molecule has 0 aliphatic carbocycles. The van der Waals surface area contributed by atoms with E-state index in [1.807, 2.05) is 42.5 Å². The fourth-order valence-corrected chi connectivity index (χ4v) is 3.01. The smallest absolute Gasteiger partial charge is 0.255 e. The van der Waals surface area contributed by atoms with Gasteiger partial charge in [-0.15, -0.1) is 0 Å². The topological polar surface area (TPSA) is 89.8 Å². The minimum absolute atomic E-state index is 0.0121. The Bertz CT molecular complexity index is 1220. The maximum atomic E-state index is 12.6. The number of aromatic nitrogens is 4. The van der Waals surface area contributed by atoms with Gasteiger partial charge in [-0.25, -0.2) is 15.0 Å². The standard InChI is InChI=1S/C23H19N5O2/c1-28-22(30)13-20(19-11-12-24-15-26-19)27-23(28)25-14-21(29)18-9-7-17(8-10-18)16-5-3-2-4-6-16/h2-13,15H,14H2,1H3,(H,25,27). The number of Topliss-reactive ketones (excluding diaryl/α,β-unsaturated/α-hetero) is 1. The third-order valence-corrected chi connectivity index (χ3v) is 4.70. The summed E-state index contributed by atoms with van der Waals surface area (Å²) in [6.07, 6.45) is 2.97. The van der Waals surface area contributed by atoms with Gasteiger partial charge in [0.05, 0.1) is 17.9 Å². The molecule has 0 spiro atoms. The van der Waals surface area contributed by atoms with E-state index in [0.29, 0.717) is 22.9 Å². The second-order valence-corrected chi connectivity index (χ2v) is 6.68. The van der Waals surface area contributed by atoms with Crippen molar-refractivity contribution in [3.8, 4) is 22.5 Å². The fourth-order valence-electron chi connectivity index (χ4n) is 3.01. The van der Waals surface area contributed by atoms with E-state index in [-0.39, 0.29) is 17.9 Å². The Labute approximate surface area is 173 Å². The predicted octanol–water partition coefficient (Wildman–Crippen LogP) is 3.20. The summed E-state index contributed by atoms with van der Waals surface area (Å²) < 4.78 is 1.36. The first-order valence-corrected chi connectivity index (χ1v) is 9.39. The summed E-state index contributed by atoms with van der Waals surface area (Å²) in [5, 5.41) is 2.97. The largest absolute Gasteiger partial charge is 0.348 e. The van der Waals surface area contributed by atoms with Gasteiger partial charge in [-0.2, -0.15) is 0 Å². The van der Waals surface area contributed by atoms with E-state index in [1.54, 1.807) is 31.4 Å². The van der Waals surface area contributed by atoms with Crippen molar-refractivity contribution in [3.63, 3.8) is 0 Å². The van der Waals surface area contributed by atoms with Gasteiger partial charge in [-0.05, 0) is 17.2 Å². The number of hydrogen-bond donors (Lipinski definition) is 1. The van der Waals surface area contributed by atoms with Crippen LogP contribution in [0.25, 0.3) is 22.5 Å². The number of nitrogens with one attached hydrogen (secondary N) is 1. The first-order valence-electron chi connectivity index (χ1n) is 9.39. The van der Waals surface area contributed by atoms with E-state index in [1.165, 1.54) is 17.0 Å². The Morgan fingerprint density at radius 2 is 1.70 bits per heavy atom. The molecular weight excluding hydrogens is 378 g/mol. The van der Waals surface area contributed by atoms with Crippen molar-refractivity contribution in [2.75, 3.05) is 11.9 Å². The lowest BCUT2D eigenvalue weighted by molar-refractivity contribution is 0.101. The van der Waals surface area contributed by atoms with E-state index in [4.69, 9.17) is 0 Å². The Kier molecular flexibility index (Phi) is 5.43. The molecule has 0 aliphatic rings. The quantitative estimate of drug-likeness (QED) is 0.503. The van der Waals surface area contributed by atoms with Crippen LogP contribution < -0.4 is 10.9 Å². The van der Waals surface area contributed by atoms with Gasteiger partial charge in [0, 0.05) is 24.9 Å². The molecule has 1 N–H and O–H groups in total. The Hall–Kier alpha value is -4.13. The normalized spacial score (nSPS) is 10.6. The summed E-state index contributed by atoms with van der Waals surface area (Å²) in [5.74, 6) is 0.196. The summed E-state index contributed by atoms with van der Waals surface area (Å²) in [5.41, 5.74) is 3.42. The van der Waals surface area contributed by atoms with Gasteiger partial charge in [0.15, 0.2) is 5.78 Å². The van der Waals surface area contributed by atoms with Crippen LogP contribution in [0.2, 0.25) is 0 Å². The summed E-state index contributed by atoms with van der Waals surface area (Å²) in [6.45, 7) is 0.0121. The van der Waals surface area contributed by atoms with Crippen molar-refractivity contribution < 1.29 is 4.79 Å². The summed E-state index contributed by atoms with van der Waals surface area (Å²) in [6, 6.07) is 20.5. The van der Waals surface area contributed by atoms with Crippen LogP contribution in [0.15, 0.2) is 84.0 Å². The van der Waals surface area contributed by atoms with Crippen LogP contribution in [-0.4, -0.2) is 31.8 Å². The molecule has 0 fully saturated rings. The number of carbonyl (C=O) groups is 1. The van der Waals surface area contributed by atoms with Crippen LogP contribution in [-0.2, 0) is 7.05 Å². The SMILES string of the molecule is Cn1c(NCC(=O)c2ccc(-c3ccccc3)cc2)nc(-c2ccncn2)cc1=O. The second-order valence-electron chi connectivity index (χ2n) is 6.68. The highest BCUT2D eigenvalue weighted by Gasteiger charge is 2.11. The maximum Gasteiger partial charge on any atom is 0.255 e. The fraction of sp³-hybridized carbons (Fsp3) is 0.0870. The number of anilines is 1. The van der Waals surface area contributed by atoms with Crippen LogP contribution >= 0.6 is 0 Å². The molecule has 0 unspecified atom stereocenters. The van der Waals surface area contributed by atoms with E-state index in [0.717, 1.165) is 11.1 Å². The highest BCUT2D eigenvalue weighted by Crippen LogP contribution is 2.19. The first kappa shape index (κ1) is 19.2. The van der Waals surface area contributed by atoms with Gasteiger partial charge in [0.25, 0.3) is 5.56 Å². The van der Waals surface area contributed by atoms with Crippen LogP contribution in [0.5, 0.6) is 0 Å². The molecule has 148 valence electrons. The molecule has 4 rings (SSSR count). The minimum Gasteiger partial charge on any atom is -0.348 e. The molecule has 0 amide bonds. The number of carbonyl (C=O) groups excluding carboxylic acids is 1. The molecule has 4 aromatic rings. The molecule has 0 aliphatic heterocycles. The third-order valence-electron chi connectivity index (χ3n) is 4.70. The van der Waals surface area contributed by atoms with Crippen molar-refractivity contribution in [1.82, 2.24) is 19.5 Å². The molecule has 2 aromatic heterocycles. The van der Waals surface area contributed by atoms with Gasteiger partial charge in [-0.3, -0.25) is 14.2 Å². The van der Waals surface area contributed by atoms with E-state index < -0.39 is 0 Å². The zero-order valence-corrected chi connectivity index (χ0v) is 16.3. The number of benzene rings is 2. The lowest BCUT2D eigenvalue weighted by Crippen LogP contribution is -2.24. The van der Waals surface area contributed by atoms with Gasteiger partial charge in [0.2, 0.25) is 5.95 Å². The van der Waals surface area contributed by atoms with Gasteiger partial charge >= 0.3 is 0 Å². The molecule has 30 heavy (non-hydrogen) atoms. The molecule has 0 bridgehead atoms. The zero-order chi connectivity index (χ0) is 20.9. The number of nitrogens with zero attached hydrogens (tertiary/aromatic N) is 4. The zero-order valence-electron chi connectivity index (χ0n) is 16.3. The molecule has 0 atom stereocenters. The number of rotatable bonds is 6. The number of hydrogen-bond acceptors (Lipinski definition) is 6. The minimum atomic E-state index is -0.249. The third kappa shape index (κ3) is 4.15. The van der Waals surface area contributed by atoms with Crippen molar-refractivity contribution in [1.29, 1.82) is 0 Å². The first-order chi connectivity index (χ1) is 14.6. The molecule has 7 heteroatoms. The molecule has 0 radical (unpaired) electrons. The Morgan fingerprint density at radius 3 is 2.40 bits per heavy atom. The molecule has 7 nitrogen and oxygen atoms in total. The van der Waals surface area contributed by atoms with Crippen molar-refractivity contribution in [3.05, 3.63) is 95.2 Å². The van der Waals surface area contributed by atoms with Crippen molar-refractivity contribution in [2.45, 2.75) is 0 Å². The van der Waals surface area contributed by atoms with Crippen LogP contribution in [0.3, 0.4) is 0 Å². The predicted molar refractivity (Wildman–Crippen MR) is 115 cm³/mol. The van der Waals surface area contributed by atoms with E-state index >= 15 is 0 Å². The lowest BCUT2D eigenvalue weighted by atomic mass is 10.0. The maximum absolute atomic E-state index is 12.6. The van der Waals surface area contributed by atoms with Crippen molar-refractivity contribution in [2.24, 2.45) is 7.05 Å². The summed E-state index contributed by atoms with van der Waals surface area (Å²) in [7, 11) is 1.60. The number of ketones is 1. The average Bonchev–Trinajstić information content (AvgIpc) is 2.81. The van der Waals surface area contributed by atoms with Gasteiger partial charge in [-0.1, -0.05) is 54.6 Å². The monoisotopic (exact) mass is 397 g/mol. The average molecular weight is 397 g/mol. The van der Waals surface area contributed by atoms with Crippen LogP contribution in [0.1, 0.15) is 10.4 Å². The Morgan fingerprint density at radius 1 is 0.967 bits per heavy atom. The van der Waals surface area contributed by atoms with Crippen LogP contribution in [0, 0.1) is 0 Å². The highest BCUT2D eigenvalue weighted by molar-refractivity contribution is 5.99. The van der Waals surface area contributed by atoms with Gasteiger partial charge in [0.1, 0.15) is 6.33 Å². The lowest BCUT2D eigenvalue weighted by Gasteiger charge is -2.11. The molecule has 2 heterocycles. The molecule has 0 saturated heterocycles. The Balaban J connectivity index is 1.50. The van der Waals surface area contributed by atoms with E-state index in [2.05, 4.69) is 20.3 Å². The summed E-state index contributed by atoms with van der Waals surface area (Å²) >= 11 is 0. The van der Waals surface area contributed by atoms with Gasteiger partial charge < -0.3 is 5.32 Å². The molecular formula is C23H19N5O2. The highest BCUT2D eigenvalue weighted by atomic mass is 16.1. The van der Waals surface area contributed by atoms with Crippen molar-refractivity contribution >= 4 is 11.7 Å². The molecule has 0 saturated carbocycles. The molecule has 2 aromatic carbocycles. The second kappa shape index (κ2) is 8.48. The summed E-state index contributed by atoms with van der Waals surface area (Å²) in [4.78, 5) is 37.3. The van der Waals surface area contributed by atoms with E-state index in [9.17, 15) is 9.59 Å².